The van der Waals surface area contributed by atoms with Gasteiger partial charge in [-0.1, -0.05) is 0 Å². The molecule has 0 radical (unpaired) electrons. The first-order valence-corrected chi connectivity index (χ1v) is 4.83. The van der Waals surface area contributed by atoms with Gasteiger partial charge in [0.05, 0.1) is 0 Å². The van der Waals surface area contributed by atoms with Gasteiger partial charge in [0, 0.05) is 26.2 Å². The van der Waals surface area contributed by atoms with Crippen LogP contribution >= 0.6 is 22.6 Å². The zero-order valence-corrected chi connectivity index (χ0v) is 8.83. The molecule has 0 fully saturated rings. The van der Waals surface area contributed by atoms with Crippen molar-refractivity contribution in [3.8, 4) is 0 Å². The summed E-state index contributed by atoms with van der Waals surface area (Å²) in [6.07, 6.45) is 1.90. The standard InChI is InChI=1S/C9H7IN2O/c10-7-4-12-8-2-1-5(9(11)13)3-6(7)8/h1-4,12H,(H2,11,13). The number of carbonyl (C=O) groups is 1. The maximum atomic E-state index is 10.9. The number of hydrogen-bond acceptors (Lipinski definition) is 1. The number of primary amides is 1. The van der Waals surface area contributed by atoms with Crippen LogP contribution in [0.15, 0.2) is 24.4 Å². The van der Waals surface area contributed by atoms with Crippen LogP contribution in [0.25, 0.3) is 10.9 Å². The van der Waals surface area contributed by atoms with Gasteiger partial charge in [0.15, 0.2) is 0 Å². The fourth-order valence-electron chi connectivity index (χ4n) is 1.24. The van der Waals surface area contributed by atoms with Crippen molar-refractivity contribution in [2.24, 2.45) is 5.73 Å². The molecular formula is C9H7IN2O. The number of nitrogens with two attached hydrogens (primary N) is 1. The van der Waals surface area contributed by atoms with Gasteiger partial charge in [0.2, 0.25) is 5.91 Å². The van der Waals surface area contributed by atoms with Gasteiger partial charge in [-0.05, 0) is 40.8 Å². The van der Waals surface area contributed by atoms with Crippen molar-refractivity contribution in [3.05, 3.63) is 33.5 Å². The van der Waals surface area contributed by atoms with Gasteiger partial charge in [-0.25, -0.2) is 0 Å². The second-order valence-corrected chi connectivity index (χ2v) is 3.92. The Balaban J connectivity index is 2.72. The van der Waals surface area contributed by atoms with Gasteiger partial charge in [-0.3, -0.25) is 4.79 Å². The number of halogens is 1. The summed E-state index contributed by atoms with van der Waals surface area (Å²) in [6, 6.07) is 5.38. The van der Waals surface area contributed by atoms with Crippen LogP contribution in [0.5, 0.6) is 0 Å². The topological polar surface area (TPSA) is 58.9 Å². The summed E-state index contributed by atoms with van der Waals surface area (Å²) in [5.74, 6) is -0.390. The molecule has 0 spiro atoms. The van der Waals surface area contributed by atoms with E-state index in [1.54, 1.807) is 12.1 Å². The monoisotopic (exact) mass is 286 g/mol. The molecule has 2 rings (SSSR count). The van der Waals surface area contributed by atoms with E-state index in [-0.39, 0.29) is 5.91 Å². The molecule has 4 heteroatoms. The van der Waals surface area contributed by atoms with Crippen molar-refractivity contribution >= 4 is 39.4 Å². The number of rotatable bonds is 1. The van der Waals surface area contributed by atoms with Crippen LogP contribution in [0.4, 0.5) is 0 Å². The van der Waals surface area contributed by atoms with Crippen molar-refractivity contribution in [3.63, 3.8) is 0 Å². The molecule has 1 aromatic carbocycles. The lowest BCUT2D eigenvalue weighted by atomic mass is 10.1. The second kappa shape index (κ2) is 3.02. The average Bonchev–Trinajstić information content (AvgIpc) is 2.47. The summed E-state index contributed by atoms with van der Waals surface area (Å²) >= 11 is 2.21. The number of aromatic nitrogens is 1. The molecule has 66 valence electrons. The number of carbonyl (C=O) groups excluding carboxylic acids is 1. The number of aromatic amines is 1. The molecule has 1 aromatic heterocycles. The van der Waals surface area contributed by atoms with E-state index in [0.29, 0.717) is 5.56 Å². The van der Waals surface area contributed by atoms with Crippen molar-refractivity contribution in [2.75, 3.05) is 0 Å². The fraction of sp³-hybridized carbons (Fsp3) is 0. The summed E-state index contributed by atoms with van der Waals surface area (Å²) in [4.78, 5) is 14.0. The van der Waals surface area contributed by atoms with E-state index in [4.69, 9.17) is 5.73 Å². The second-order valence-electron chi connectivity index (χ2n) is 2.76. The predicted molar refractivity (Wildman–Crippen MR) is 59.5 cm³/mol. The maximum absolute atomic E-state index is 10.9. The van der Waals surface area contributed by atoms with Crippen molar-refractivity contribution in [2.45, 2.75) is 0 Å². The minimum atomic E-state index is -0.390. The first-order chi connectivity index (χ1) is 6.18. The van der Waals surface area contributed by atoms with Gasteiger partial charge in [0.25, 0.3) is 0 Å². The summed E-state index contributed by atoms with van der Waals surface area (Å²) in [7, 11) is 0. The molecule has 13 heavy (non-hydrogen) atoms. The van der Waals surface area contributed by atoms with E-state index >= 15 is 0 Å². The molecular weight excluding hydrogens is 279 g/mol. The van der Waals surface area contributed by atoms with E-state index in [0.717, 1.165) is 14.5 Å². The molecule has 0 aliphatic rings. The van der Waals surface area contributed by atoms with Crippen LogP contribution < -0.4 is 5.73 Å². The summed E-state index contributed by atoms with van der Waals surface area (Å²) in [6.45, 7) is 0. The molecule has 0 bridgehead atoms. The van der Waals surface area contributed by atoms with Gasteiger partial charge in [-0.2, -0.15) is 0 Å². The third-order valence-corrected chi connectivity index (χ3v) is 2.81. The molecule has 3 nitrogen and oxygen atoms in total. The smallest absolute Gasteiger partial charge is 0.248 e. The largest absolute Gasteiger partial charge is 0.366 e. The van der Waals surface area contributed by atoms with Crippen molar-refractivity contribution in [1.82, 2.24) is 4.98 Å². The van der Waals surface area contributed by atoms with E-state index in [1.165, 1.54) is 0 Å². The predicted octanol–water partition coefficient (Wildman–Crippen LogP) is 1.87. The minimum Gasteiger partial charge on any atom is -0.366 e. The molecule has 0 aliphatic heterocycles. The molecule has 0 atom stereocenters. The van der Waals surface area contributed by atoms with Crippen LogP contribution in [-0.2, 0) is 0 Å². The lowest BCUT2D eigenvalue weighted by Gasteiger charge is -1.95. The SMILES string of the molecule is NC(=O)c1ccc2[nH]cc(I)c2c1. The number of fused-ring (bicyclic) bond motifs is 1. The molecule has 0 saturated heterocycles. The van der Waals surface area contributed by atoms with Gasteiger partial charge in [0.1, 0.15) is 0 Å². The lowest BCUT2D eigenvalue weighted by molar-refractivity contribution is 0.100. The highest BCUT2D eigenvalue weighted by atomic mass is 127. The first-order valence-electron chi connectivity index (χ1n) is 3.75. The highest BCUT2D eigenvalue weighted by Crippen LogP contribution is 2.20. The molecule has 2 aromatic rings. The van der Waals surface area contributed by atoms with E-state index in [9.17, 15) is 4.79 Å². The quantitative estimate of drug-likeness (QED) is 0.772. The van der Waals surface area contributed by atoms with Crippen molar-refractivity contribution in [1.29, 1.82) is 0 Å². The molecule has 3 N–H and O–H groups in total. The highest BCUT2D eigenvalue weighted by molar-refractivity contribution is 14.1. The molecule has 1 heterocycles. The lowest BCUT2D eigenvalue weighted by Crippen LogP contribution is -2.10. The summed E-state index contributed by atoms with van der Waals surface area (Å²) in [5, 5.41) is 1.04. The minimum absolute atomic E-state index is 0.390. The number of H-pyrrole nitrogens is 1. The van der Waals surface area contributed by atoms with Gasteiger partial charge >= 0.3 is 0 Å². The van der Waals surface area contributed by atoms with Crippen LogP contribution in [0, 0.1) is 3.57 Å². The Bertz CT molecular complexity index is 475. The van der Waals surface area contributed by atoms with E-state index in [2.05, 4.69) is 27.6 Å². The average molecular weight is 286 g/mol. The van der Waals surface area contributed by atoms with E-state index < -0.39 is 0 Å². The fourth-order valence-corrected chi connectivity index (χ4v) is 1.84. The van der Waals surface area contributed by atoms with Gasteiger partial charge in [-0.15, -0.1) is 0 Å². The normalized spacial score (nSPS) is 10.5. The van der Waals surface area contributed by atoms with Crippen LogP contribution in [0.2, 0.25) is 0 Å². The third kappa shape index (κ3) is 1.41. The number of benzene rings is 1. The Morgan fingerprint density at radius 3 is 2.92 bits per heavy atom. The summed E-state index contributed by atoms with van der Waals surface area (Å²) in [5.41, 5.74) is 6.74. The zero-order valence-electron chi connectivity index (χ0n) is 6.67. The van der Waals surface area contributed by atoms with Crippen LogP contribution in [0.1, 0.15) is 10.4 Å². The molecule has 0 aliphatic carbocycles. The van der Waals surface area contributed by atoms with E-state index in [1.807, 2.05) is 12.3 Å². The van der Waals surface area contributed by atoms with Crippen LogP contribution in [-0.4, -0.2) is 10.9 Å². The molecule has 0 unspecified atom stereocenters. The number of nitrogens with one attached hydrogen (secondary N) is 1. The Morgan fingerprint density at radius 1 is 1.46 bits per heavy atom. The first kappa shape index (κ1) is 8.55. The molecule has 0 saturated carbocycles. The summed E-state index contributed by atoms with van der Waals surface area (Å²) < 4.78 is 1.09. The molecule has 1 amide bonds. The zero-order chi connectivity index (χ0) is 9.42. The van der Waals surface area contributed by atoms with Crippen molar-refractivity contribution < 1.29 is 4.79 Å². The Morgan fingerprint density at radius 2 is 2.23 bits per heavy atom. The number of hydrogen-bond donors (Lipinski definition) is 2. The Kier molecular flexibility index (Phi) is 1.99. The van der Waals surface area contributed by atoms with Crippen LogP contribution in [0.3, 0.4) is 0 Å². The Labute approximate surface area is 88.5 Å². The maximum Gasteiger partial charge on any atom is 0.248 e. The Hall–Kier alpha value is -1.04. The van der Waals surface area contributed by atoms with Gasteiger partial charge < -0.3 is 10.7 Å². The highest BCUT2D eigenvalue weighted by Gasteiger charge is 2.04. The number of amides is 1. The third-order valence-electron chi connectivity index (χ3n) is 1.92.